The van der Waals surface area contributed by atoms with Crippen LogP contribution in [0.4, 0.5) is 11.4 Å². The minimum atomic E-state index is -0.554. The average Bonchev–Trinajstić information content (AvgIpc) is 3.83. The van der Waals surface area contributed by atoms with E-state index in [0.29, 0.717) is 48.6 Å². The van der Waals surface area contributed by atoms with E-state index in [2.05, 4.69) is 15.6 Å². The Morgan fingerprint density at radius 3 is 1.90 bits per heavy atom. The van der Waals surface area contributed by atoms with Gasteiger partial charge in [-0.2, -0.15) is 0 Å². The predicted molar refractivity (Wildman–Crippen MR) is 189 cm³/mol. The summed E-state index contributed by atoms with van der Waals surface area (Å²) in [5, 5.41) is 5.93. The molecule has 0 saturated carbocycles. The summed E-state index contributed by atoms with van der Waals surface area (Å²) in [5.74, 6) is -0.193. The molecule has 1 aromatic heterocycles. The second kappa shape index (κ2) is 15.4. The number of para-hydroxylation sites is 1. The largest absolute Gasteiger partial charge is 0.496 e. The van der Waals surface area contributed by atoms with Crippen molar-refractivity contribution in [2.24, 2.45) is 0 Å². The summed E-state index contributed by atoms with van der Waals surface area (Å²) in [5.41, 5.74) is 4.49. The molecule has 250 valence electrons. The Morgan fingerprint density at radius 2 is 1.33 bits per heavy atom. The quantitative estimate of drug-likeness (QED) is 0.212. The van der Waals surface area contributed by atoms with Gasteiger partial charge in [-0.3, -0.25) is 24.2 Å². The Hall–Kier alpha value is -5.77. The maximum atomic E-state index is 13.3. The van der Waals surface area contributed by atoms with E-state index >= 15 is 0 Å². The number of ether oxygens (including phenoxy) is 1. The van der Waals surface area contributed by atoms with Crippen molar-refractivity contribution in [2.75, 3.05) is 30.8 Å². The van der Waals surface area contributed by atoms with Crippen LogP contribution in [0.2, 0.25) is 0 Å². The van der Waals surface area contributed by atoms with E-state index in [1.54, 1.807) is 46.5 Å². The van der Waals surface area contributed by atoms with Crippen LogP contribution in [0, 0.1) is 0 Å². The molecule has 0 aliphatic carbocycles. The summed E-state index contributed by atoms with van der Waals surface area (Å²) in [6.07, 6.45) is 10.3. The van der Waals surface area contributed by atoms with Gasteiger partial charge in [0, 0.05) is 36.9 Å². The molecular formula is C39H39N5O5. The molecule has 2 atom stereocenters. The number of aromatic nitrogens is 1. The first-order valence-corrected chi connectivity index (χ1v) is 16.5. The number of pyridine rings is 1. The molecule has 2 fully saturated rings. The van der Waals surface area contributed by atoms with E-state index in [-0.39, 0.29) is 30.0 Å². The number of methoxy groups -OCH3 is 1. The van der Waals surface area contributed by atoms with Gasteiger partial charge < -0.3 is 25.2 Å². The van der Waals surface area contributed by atoms with E-state index in [4.69, 9.17) is 4.74 Å². The predicted octanol–water partition coefficient (Wildman–Crippen LogP) is 5.68. The van der Waals surface area contributed by atoms with Gasteiger partial charge in [0.2, 0.25) is 17.7 Å². The van der Waals surface area contributed by atoms with Gasteiger partial charge in [0.15, 0.2) is 0 Å². The molecule has 0 unspecified atom stereocenters. The van der Waals surface area contributed by atoms with Crippen LogP contribution in [0.25, 0.3) is 12.2 Å². The van der Waals surface area contributed by atoms with E-state index in [0.717, 1.165) is 29.5 Å². The Morgan fingerprint density at radius 1 is 0.755 bits per heavy atom. The fourth-order valence-corrected chi connectivity index (χ4v) is 6.37. The number of nitrogens with zero attached hydrogens (tertiary/aromatic N) is 3. The fraction of sp³-hybridized carbons (Fsp3) is 0.256. The standard InChI is InChI=1S/C39H39N5O5/c1-49-35-11-3-2-8-32(35)39(48)44-24-6-10-34(44)38(47)42-31-20-16-28(17-21-31)13-12-27-14-18-30(19-15-27)41-37(46)33-9-5-23-43(33)36(45)25-29-7-4-22-40-26-29/h2-4,7-8,11-22,26,33-34H,5-6,9-10,23-25H2,1H3,(H,41,46)(H,42,47)/t33-,34-/m0/s1. The average molecular weight is 658 g/mol. The minimum absolute atomic E-state index is 0.0706. The number of hydrogen-bond acceptors (Lipinski definition) is 6. The van der Waals surface area contributed by atoms with Gasteiger partial charge >= 0.3 is 0 Å². The van der Waals surface area contributed by atoms with Crippen LogP contribution in [0.5, 0.6) is 5.75 Å². The number of likely N-dealkylation sites (tertiary alicyclic amines) is 2. The lowest BCUT2D eigenvalue weighted by atomic mass is 10.1. The molecule has 2 aliphatic heterocycles. The molecular weight excluding hydrogens is 618 g/mol. The highest BCUT2D eigenvalue weighted by molar-refractivity contribution is 6.03. The highest BCUT2D eigenvalue weighted by Crippen LogP contribution is 2.26. The Kier molecular flexibility index (Phi) is 10.4. The number of nitrogens with one attached hydrogen (secondary N) is 2. The first-order chi connectivity index (χ1) is 23.9. The van der Waals surface area contributed by atoms with Crippen LogP contribution in [0.1, 0.15) is 52.7 Å². The lowest BCUT2D eigenvalue weighted by molar-refractivity contribution is -0.136. The van der Waals surface area contributed by atoms with E-state index < -0.39 is 12.1 Å². The molecule has 10 nitrogen and oxygen atoms in total. The van der Waals surface area contributed by atoms with Crippen LogP contribution in [0.3, 0.4) is 0 Å². The maximum Gasteiger partial charge on any atom is 0.258 e. The van der Waals surface area contributed by atoms with Gasteiger partial charge in [-0.05, 0) is 84.8 Å². The molecule has 2 N–H and O–H groups in total. The summed E-state index contributed by atoms with van der Waals surface area (Å²) in [4.78, 5) is 59.8. The van der Waals surface area contributed by atoms with Gasteiger partial charge in [0.25, 0.3) is 5.91 Å². The maximum absolute atomic E-state index is 13.3. The molecule has 0 bridgehead atoms. The Balaban J connectivity index is 1.00. The summed E-state index contributed by atoms with van der Waals surface area (Å²) in [6.45, 7) is 1.08. The van der Waals surface area contributed by atoms with Crippen molar-refractivity contribution >= 4 is 47.2 Å². The zero-order valence-corrected chi connectivity index (χ0v) is 27.4. The molecule has 10 heteroatoms. The third-order valence-electron chi connectivity index (χ3n) is 8.93. The summed E-state index contributed by atoms with van der Waals surface area (Å²) >= 11 is 0. The monoisotopic (exact) mass is 657 g/mol. The third kappa shape index (κ3) is 8.03. The van der Waals surface area contributed by atoms with Gasteiger partial charge in [-0.15, -0.1) is 0 Å². The fourth-order valence-electron chi connectivity index (χ4n) is 6.37. The Bertz CT molecular complexity index is 1830. The van der Waals surface area contributed by atoms with Gasteiger partial charge in [0.1, 0.15) is 17.8 Å². The van der Waals surface area contributed by atoms with Crippen molar-refractivity contribution in [1.29, 1.82) is 0 Å². The number of rotatable bonds is 10. The molecule has 4 amide bonds. The molecule has 0 radical (unpaired) electrons. The second-order valence-electron chi connectivity index (χ2n) is 12.2. The highest BCUT2D eigenvalue weighted by atomic mass is 16.5. The zero-order chi connectivity index (χ0) is 34.2. The minimum Gasteiger partial charge on any atom is -0.496 e. The van der Waals surface area contributed by atoms with Gasteiger partial charge in [-0.25, -0.2) is 0 Å². The van der Waals surface area contributed by atoms with Crippen molar-refractivity contribution in [3.05, 3.63) is 120 Å². The topological polar surface area (TPSA) is 121 Å². The molecule has 2 aliphatic rings. The first kappa shape index (κ1) is 33.1. The zero-order valence-electron chi connectivity index (χ0n) is 27.4. The van der Waals surface area contributed by atoms with Crippen LogP contribution >= 0.6 is 0 Å². The highest BCUT2D eigenvalue weighted by Gasteiger charge is 2.36. The lowest BCUT2D eigenvalue weighted by Crippen LogP contribution is -2.43. The summed E-state index contributed by atoms with van der Waals surface area (Å²) in [7, 11) is 1.53. The Labute approximate surface area is 285 Å². The third-order valence-corrected chi connectivity index (χ3v) is 8.93. The van der Waals surface area contributed by atoms with Crippen molar-refractivity contribution in [1.82, 2.24) is 14.8 Å². The molecule has 0 spiro atoms. The molecule has 6 rings (SSSR count). The second-order valence-corrected chi connectivity index (χ2v) is 12.2. The van der Waals surface area contributed by atoms with Crippen molar-refractivity contribution in [3.63, 3.8) is 0 Å². The molecule has 2 saturated heterocycles. The molecule has 3 aromatic carbocycles. The van der Waals surface area contributed by atoms with Crippen molar-refractivity contribution in [3.8, 4) is 5.75 Å². The van der Waals surface area contributed by atoms with Crippen LogP contribution in [-0.4, -0.2) is 70.7 Å². The lowest BCUT2D eigenvalue weighted by Gasteiger charge is -2.24. The van der Waals surface area contributed by atoms with Crippen LogP contribution in [0.15, 0.2) is 97.3 Å². The number of benzene rings is 3. The van der Waals surface area contributed by atoms with E-state index in [1.165, 1.54) is 7.11 Å². The first-order valence-electron chi connectivity index (χ1n) is 16.5. The van der Waals surface area contributed by atoms with Gasteiger partial charge in [-0.1, -0.05) is 54.6 Å². The molecule has 49 heavy (non-hydrogen) atoms. The molecule has 4 aromatic rings. The summed E-state index contributed by atoms with van der Waals surface area (Å²) < 4.78 is 5.36. The summed E-state index contributed by atoms with van der Waals surface area (Å²) in [6, 6.07) is 24.7. The smallest absolute Gasteiger partial charge is 0.258 e. The molecule has 3 heterocycles. The SMILES string of the molecule is COc1ccccc1C(=O)N1CCC[C@H]1C(=O)Nc1ccc(C=Cc2ccc(NC(=O)[C@@H]3CCCN3C(=O)Cc3cccnc3)cc2)cc1. The van der Waals surface area contributed by atoms with E-state index in [1.807, 2.05) is 72.8 Å². The van der Waals surface area contributed by atoms with Crippen molar-refractivity contribution in [2.45, 2.75) is 44.2 Å². The normalized spacial score (nSPS) is 17.2. The van der Waals surface area contributed by atoms with Crippen LogP contribution in [-0.2, 0) is 20.8 Å². The number of anilines is 2. The van der Waals surface area contributed by atoms with Crippen molar-refractivity contribution < 1.29 is 23.9 Å². The number of carbonyl (C=O) groups excluding carboxylic acids is 4. The van der Waals surface area contributed by atoms with E-state index in [9.17, 15) is 19.2 Å². The number of amides is 4. The number of carbonyl (C=O) groups is 4. The number of hydrogen-bond donors (Lipinski definition) is 2. The van der Waals surface area contributed by atoms with Gasteiger partial charge in [0.05, 0.1) is 19.1 Å². The van der Waals surface area contributed by atoms with Crippen LogP contribution < -0.4 is 15.4 Å².